The molecule has 9 nitrogen and oxygen atoms in total. The van der Waals surface area contributed by atoms with Crippen molar-refractivity contribution >= 4 is 22.6 Å². The molecule has 0 bridgehead atoms. The van der Waals surface area contributed by atoms with Crippen molar-refractivity contribution < 1.29 is 23.7 Å². The SMILES string of the molecule is CC(=O)Nc1cc2c(-c3cc(OC4CCOCC4)c4c(n3)C3(CCOC3)OCC4)cn(C)c2cn1. The number of nitrogens with one attached hydrogen (secondary N) is 1. The fourth-order valence-electron chi connectivity index (χ4n) is 5.38. The van der Waals surface area contributed by atoms with Crippen LogP contribution in [-0.2, 0) is 38.1 Å². The molecule has 184 valence electrons. The van der Waals surface area contributed by atoms with Gasteiger partial charge in [0.2, 0.25) is 5.91 Å². The van der Waals surface area contributed by atoms with Gasteiger partial charge in [0.25, 0.3) is 0 Å². The largest absolute Gasteiger partial charge is 0.490 e. The van der Waals surface area contributed by atoms with Crippen molar-refractivity contribution in [2.75, 3.05) is 38.4 Å². The lowest BCUT2D eigenvalue weighted by atomic mass is 9.89. The zero-order valence-corrected chi connectivity index (χ0v) is 20.1. The Balaban J connectivity index is 1.51. The molecule has 0 aromatic carbocycles. The maximum Gasteiger partial charge on any atom is 0.222 e. The van der Waals surface area contributed by atoms with E-state index in [1.807, 2.05) is 17.7 Å². The van der Waals surface area contributed by atoms with Gasteiger partial charge in [0.05, 0.1) is 49.5 Å². The average molecular weight is 479 g/mol. The predicted molar refractivity (Wildman–Crippen MR) is 129 cm³/mol. The number of anilines is 1. The average Bonchev–Trinajstić information content (AvgIpc) is 3.45. The first-order valence-electron chi connectivity index (χ1n) is 12.3. The molecule has 35 heavy (non-hydrogen) atoms. The monoisotopic (exact) mass is 478 g/mol. The summed E-state index contributed by atoms with van der Waals surface area (Å²) >= 11 is 0. The Morgan fingerprint density at radius 2 is 2.06 bits per heavy atom. The van der Waals surface area contributed by atoms with E-state index in [4.69, 9.17) is 23.9 Å². The Bertz CT molecular complexity index is 1270. The number of hydrogen-bond donors (Lipinski definition) is 1. The van der Waals surface area contributed by atoms with Crippen molar-refractivity contribution in [3.05, 3.63) is 35.8 Å². The minimum absolute atomic E-state index is 0.116. The van der Waals surface area contributed by atoms with Crippen LogP contribution < -0.4 is 10.1 Å². The lowest BCUT2D eigenvalue weighted by Gasteiger charge is -2.35. The first-order chi connectivity index (χ1) is 17.0. The lowest BCUT2D eigenvalue weighted by molar-refractivity contribution is -0.114. The number of hydrogen-bond acceptors (Lipinski definition) is 7. The second kappa shape index (κ2) is 8.89. The third-order valence-electron chi connectivity index (χ3n) is 7.15. The summed E-state index contributed by atoms with van der Waals surface area (Å²) in [6, 6.07) is 3.97. The molecule has 2 saturated heterocycles. The van der Waals surface area contributed by atoms with Crippen LogP contribution in [0.4, 0.5) is 5.82 Å². The molecular weight excluding hydrogens is 448 g/mol. The van der Waals surface area contributed by atoms with Crippen LogP contribution in [0, 0.1) is 0 Å². The van der Waals surface area contributed by atoms with E-state index >= 15 is 0 Å². The van der Waals surface area contributed by atoms with Crippen LogP contribution in [0.1, 0.15) is 37.4 Å². The highest BCUT2D eigenvalue weighted by Crippen LogP contribution is 2.44. The summed E-state index contributed by atoms with van der Waals surface area (Å²) in [4.78, 5) is 21.2. The summed E-state index contributed by atoms with van der Waals surface area (Å²) in [6.07, 6.45) is 7.23. The number of ether oxygens (including phenoxy) is 4. The minimum atomic E-state index is -0.537. The number of aryl methyl sites for hydroxylation is 1. The predicted octanol–water partition coefficient (Wildman–Crippen LogP) is 3.34. The summed E-state index contributed by atoms with van der Waals surface area (Å²) in [5.74, 6) is 1.23. The van der Waals surface area contributed by atoms with Crippen molar-refractivity contribution in [2.45, 2.75) is 44.3 Å². The maximum absolute atomic E-state index is 11.6. The molecule has 0 radical (unpaired) electrons. The number of nitrogens with zero attached hydrogens (tertiary/aromatic N) is 3. The van der Waals surface area contributed by atoms with Crippen molar-refractivity contribution in [3.8, 4) is 17.0 Å². The van der Waals surface area contributed by atoms with E-state index in [2.05, 4.69) is 22.6 Å². The van der Waals surface area contributed by atoms with Crippen molar-refractivity contribution in [1.82, 2.24) is 14.5 Å². The highest BCUT2D eigenvalue weighted by molar-refractivity contribution is 5.98. The summed E-state index contributed by atoms with van der Waals surface area (Å²) in [5.41, 5.74) is 4.23. The molecule has 2 fully saturated rings. The van der Waals surface area contributed by atoms with Crippen molar-refractivity contribution in [2.24, 2.45) is 7.05 Å². The Labute approximate surface area is 203 Å². The zero-order valence-electron chi connectivity index (χ0n) is 20.1. The molecule has 6 heterocycles. The van der Waals surface area contributed by atoms with Gasteiger partial charge in [-0.1, -0.05) is 0 Å². The van der Waals surface area contributed by atoms with Crippen molar-refractivity contribution in [1.29, 1.82) is 0 Å². The van der Waals surface area contributed by atoms with E-state index in [-0.39, 0.29) is 12.0 Å². The fourth-order valence-corrected chi connectivity index (χ4v) is 5.38. The first-order valence-corrected chi connectivity index (χ1v) is 12.3. The molecule has 3 aliphatic heterocycles. The van der Waals surface area contributed by atoms with Gasteiger partial charge < -0.3 is 28.8 Å². The van der Waals surface area contributed by atoms with Gasteiger partial charge in [0.15, 0.2) is 0 Å². The van der Waals surface area contributed by atoms with Crippen LogP contribution in [0.5, 0.6) is 5.75 Å². The molecule has 1 spiro atoms. The van der Waals surface area contributed by atoms with Gasteiger partial charge >= 0.3 is 0 Å². The normalized spacial score (nSPS) is 22.5. The highest BCUT2D eigenvalue weighted by Gasteiger charge is 2.44. The standard InChI is InChI=1S/C26H30N4O5/c1-16(31)28-24-11-19-20(14-30(2)22(19)13-27-24)21-12-23(35-17-3-7-32-8-4-17)18-5-9-34-26(25(18)29-21)6-10-33-15-26/h11-14,17H,3-10,15H2,1-2H3,(H,27,28,31). The van der Waals surface area contributed by atoms with Gasteiger partial charge in [0.1, 0.15) is 23.3 Å². The van der Waals surface area contributed by atoms with Gasteiger partial charge in [-0.2, -0.15) is 0 Å². The molecule has 0 aliphatic carbocycles. The fraction of sp³-hybridized carbons (Fsp3) is 0.500. The van der Waals surface area contributed by atoms with Crippen LogP contribution in [0.15, 0.2) is 24.5 Å². The Morgan fingerprint density at radius 3 is 2.83 bits per heavy atom. The van der Waals surface area contributed by atoms with Gasteiger partial charge in [0, 0.05) is 75.0 Å². The Kier molecular flexibility index (Phi) is 5.70. The van der Waals surface area contributed by atoms with E-state index in [1.54, 1.807) is 6.20 Å². The number of fused-ring (bicyclic) bond motifs is 3. The van der Waals surface area contributed by atoms with Gasteiger partial charge in [-0.3, -0.25) is 4.79 Å². The molecule has 1 unspecified atom stereocenters. The third-order valence-corrected chi connectivity index (χ3v) is 7.15. The second-order valence-electron chi connectivity index (χ2n) is 9.58. The van der Waals surface area contributed by atoms with E-state index in [0.29, 0.717) is 38.9 Å². The smallest absolute Gasteiger partial charge is 0.222 e. The second-order valence-corrected chi connectivity index (χ2v) is 9.58. The third kappa shape index (κ3) is 4.07. The van der Waals surface area contributed by atoms with Gasteiger partial charge in [-0.25, -0.2) is 9.97 Å². The van der Waals surface area contributed by atoms with Crippen LogP contribution in [0.25, 0.3) is 22.2 Å². The number of aromatic nitrogens is 3. The molecule has 3 aromatic heterocycles. The number of amides is 1. The van der Waals surface area contributed by atoms with Crippen LogP contribution in [-0.4, -0.2) is 59.6 Å². The van der Waals surface area contributed by atoms with Gasteiger partial charge in [-0.05, 0) is 6.07 Å². The molecule has 6 rings (SSSR count). The van der Waals surface area contributed by atoms with E-state index in [0.717, 1.165) is 64.9 Å². The lowest BCUT2D eigenvalue weighted by Crippen LogP contribution is -2.38. The zero-order chi connectivity index (χ0) is 24.0. The maximum atomic E-state index is 11.6. The molecule has 0 saturated carbocycles. The van der Waals surface area contributed by atoms with Crippen molar-refractivity contribution in [3.63, 3.8) is 0 Å². The minimum Gasteiger partial charge on any atom is -0.490 e. The van der Waals surface area contributed by atoms with E-state index in [1.165, 1.54) is 6.92 Å². The molecule has 3 aliphatic rings. The Hall–Kier alpha value is -3.01. The molecule has 9 heteroatoms. The topological polar surface area (TPSA) is 96.7 Å². The van der Waals surface area contributed by atoms with Crippen LogP contribution in [0.2, 0.25) is 0 Å². The van der Waals surface area contributed by atoms with E-state index < -0.39 is 5.60 Å². The highest BCUT2D eigenvalue weighted by atomic mass is 16.6. The summed E-state index contributed by atoms with van der Waals surface area (Å²) in [7, 11) is 1.98. The molecule has 1 atom stereocenters. The molecule has 3 aromatic rings. The molecular formula is C26H30N4O5. The number of rotatable bonds is 4. The van der Waals surface area contributed by atoms with Crippen LogP contribution in [0.3, 0.4) is 0 Å². The Morgan fingerprint density at radius 1 is 1.20 bits per heavy atom. The number of carbonyl (C=O) groups excluding carboxylic acids is 1. The number of pyridine rings is 2. The molecule has 1 N–H and O–H groups in total. The van der Waals surface area contributed by atoms with Crippen LogP contribution >= 0.6 is 0 Å². The van der Waals surface area contributed by atoms with E-state index in [9.17, 15) is 4.79 Å². The quantitative estimate of drug-likeness (QED) is 0.614. The van der Waals surface area contributed by atoms with Gasteiger partial charge in [-0.15, -0.1) is 0 Å². The first kappa shape index (κ1) is 22.5. The number of carbonyl (C=O) groups is 1. The summed E-state index contributed by atoms with van der Waals surface area (Å²) in [5, 5.41) is 3.75. The summed E-state index contributed by atoms with van der Waals surface area (Å²) in [6.45, 7) is 4.69. The molecule has 1 amide bonds. The summed E-state index contributed by atoms with van der Waals surface area (Å²) < 4.78 is 26.3.